The van der Waals surface area contributed by atoms with Crippen LogP contribution < -0.4 is 25.5 Å². The highest BCUT2D eigenvalue weighted by Gasteiger charge is 2.53. The van der Waals surface area contributed by atoms with E-state index in [4.69, 9.17) is 32.0 Å². The number of carbonyl (C=O) groups excluding carboxylic acids is 3. The van der Waals surface area contributed by atoms with Gasteiger partial charge in [-0.15, -0.1) is 11.8 Å². The Kier molecular flexibility index (Phi) is 9.90. The van der Waals surface area contributed by atoms with Crippen LogP contribution in [0, 0.1) is 0 Å². The molecule has 2 amide bonds. The lowest BCUT2D eigenvalue weighted by molar-refractivity contribution is -0.689. The molecule has 0 spiro atoms. The third-order valence-electron chi connectivity index (χ3n) is 6.19. The topological polar surface area (TPSA) is 200 Å². The molecule has 0 radical (unpaired) electrons. The van der Waals surface area contributed by atoms with Gasteiger partial charge in [-0.3, -0.25) is 14.5 Å². The van der Waals surface area contributed by atoms with E-state index in [2.05, 4.69) is 15.5 Å². The molecule has 0 saturated carbocycles. The molecule has 14 nitrogen and oxygen atoms in total. The molecule has 5 heterocycles. The first-order valence-electron chi connectivity index (χ1n) is 12.8. The Labute approximate surface area is 253 Å². The smallest absolute Gasteiger partial charge is 0.344 e. The number of nitrogens with zero attached hydrogens (tertiary/aromatic N) is 4. The number of thiazole rings is 1. The number of nitrogen functional groups attached to an aromatic ring is 1. The maximum absolute atomic E-state index is 13.1. The van der Waals surface area contributed by atoms with E-state index in [0.717, 1.165) is 40.4 Å². The number of fused-ring (bicyclic) bond motifs is 2. The van der Waals surface area contributed by atoms with Crippen LogP contribution in [0.25, 0.3) is 0 Å². The second kappa shape index (κ2) is 13.4. The molecule has 17 heteroatoms. The van der Waals surface area contributed by atoms with Gasteiger partial charge in [-0.25, -0.2) is 14.3 Å². The van der Waals surface area contributed by atoms with Crippen LogP contribution in [0.5, 0.6) is 5.75 Å². The minimum Gasteiger partial charge on any atom is -0.543 e. The second-order valence-electron chi connectivity index (χ2n) is 8.84. The summed E-state index contributed by atoms with van der Waals surface area (Å²) < 4.78 is 7.46. The van der Waals surface area contributed by atoms with Crippen LogP contribution in [0.1, 0.15) is 31.5 Å². The number of carboxylic acid groups (broad SMARTS) is 2. The number of β-lactam (4-membered cyclic amide) rings is 1. The Morgan fingerprint density at radius 1 is 1.40 bits per heavy atom. The van der Waals surface area contributed by atoms with Gasteiger partial charge >= 0.3 is 5.97 Å². The summed E-state index contributed by atoms with van der Waals surface area (Å²) in [6.45, 7) is 4.02. The third-order valence-corrected chi connectivity index (χ3v) is 8.61. The number of thioether (sulfide) groups is 1. The van der Waals surface area contributed by atoms with E-state index >= 15 is 0 Å². The number of hydrogen-bond acceptors (Lipinski definition) is 12. The predicted molar refractivity (Wildman–Crippen MR) is 151 cm³/mol. The summed E-state index contributed by atoms with van der Waals surface area (Å²) in [6, 6.07) is 0.718. The van der Waals surface area contributed by atoms with Crippen LogP contribution >= 0.6 is 34.7 Å². The zero-order valence-electron chi connectivity index (χ0n) is 22.5. The van der Waals surface area contributed by atoms with Gasteiger partial charge in [-0.05, 0) is 12.8 Å². The van der Waals surface area contributed by atoms with Crippen LogP contribution in [0.15, 0.2) is 34.9 Å². The average molecular weight is 639 g/mol. The lowest BCUT2D eigenvalue weighted by atomic mass is 10.0. The summed E-state index contributed by atoms with van der Waals surface area (Å²) >= 11 is 8.23. The fourth-order valence-electron chi connectivity index (χ4n) is 4.48. The first-order valence-corrected chi connectivity index (χ1v) is 15.1. The molecule has 5 rings (SSSR count). The zero-order valence-corrected chi connectivity index (χ0v) is 24.9. The molecule has 2 aromatic heterocycles. The van der Waals surface area contributed by atoms with E-state index < -0.39 is 47.5 Å². The molecule has 1 saturated heterocycles. The minimum absolute atomic E-state index is 0.00279. The predicted octanol–water partition coefficient (Wildman–Crippen LogP) is -0.0732. The number of nitrogens with two attached hydrogens (primary N) is 1. The molecule has 0 bridgehead atoms. The normalized spacial score (nSPS) is 19.4. The van der Waals surface area contributed by atoms with E-state index in [9.17, 15) is 24.3 Å². The maximum atomic E-state index is 13.1. The highest BCUT2D eigenvalue weighted by Crippen LogP contribution is 2.40. The summed E-state index contributed by atoms with van der Waals surface area (Å²) in [5.74, 6) is -3.39. The molecule has 0 aromatic carbocycles. The van der Waals surface area contributed by atoms with Crippen molar-refractivity contribution in [1.29, 1.82) is 0 Å². The van der Waals surface area contributed by atoms with Crippen LogP contribution in [-0.2, 0) is 37.0 Å². The van der Waals surface area contributed by atoms with E-state index in [0.29, 0.717) is 12.2 Å². The van der Waals surface area contributed by atoms with Crippen LogP contribution in [0.4, 0.5) is 5.13 Å². The first kappa shape index (κ1) is 31.1. The van der Waals surface area contributed by atoms with Crippen molar-refractivity contribution in [3.05, 3.63) is 45.3 Å². The van der Waals surface area contributed by atoms with Crippen LogP contribution in [-0.4, -0.2) is 74.8 Å². The van der Waals surface area contributed by atoms with Gasteiger partial charge in [0.25, 0.3) is 11.8 Å². The molecule has 0 unspecified atom stereocenters. The Balaban J connectivity index is 0.00000198. The number of rotatable bonds is 9. The number of aromatic nitrogens is 2. The Bertz CT molecular complexity index is 1480. The summed E-state index contributed by atoms with van der Waals surface area (Å²) in [5, 5.41) is 26.3. The Hall–Kier alpha value is -3.89. The highest BCUT2D eigenvalue weighted by molar-refractivity contribution is 8.00. The van der Waals surface area contributed by atoms with Gasteiger partial charge in [0, 0.05) is 17.4 Å². The highest BCUT2D eigenvalue weighted by atomic mass is 35.5. The fourth-order valence-corrected chi connectivity index (χ4v) is 6.74. The Morgan fingerprint density at radius 3 is 2.83 bits per heavy atom. The van der Waals surface area contributed by atoms with Crippen molar-refractivity contribution in [2.45, 2.75) is 44.6 Å². The van der Waals surface area contributed by atoms with Gasteiger partial charge in [0.1, 0.15) is 27.2 Å². The van der Waals surface area contributed by atoms with Gasteiger partial charge in [-0.1, -0.05) is 41.9 Å². The van der Waals surface area contributed by atoms with Crippen molar-refractivity contribution in [3.63, 3.8) is 0 Å². The third kappa shape index (κ3) is 6.44. The summed E-state index contributed by atoms with van der Waals surface area (Å²) in [7, 11) is 0. The fraction of sp³-hybridized carbons (Fsp3) is 0.400. The number of hydrogen-bond donors (Lipinski definition) is 3. The van der Waals surface area contributed by atoms with E-state index in [1.165, 1.54) is 11.8 Å². The number of nitrogens with one attached hydrogen (secondary N) is 1. The van der Waals surface area contributed by atoms with Crippen LogP contribution in [0.3, 0.4) is 0 Å². The van der Waals surface area contributed by atoms with Crippen LogP contribution in [0.2, 0.25) is 4.34 Å². The minimum atomic E-state index is -1.51. The number of aryl methyl sites for hydroxylation is 1. The lowest BCUT2D eigenvalue weighted by Crippen LogP contribution is -2.71. The standard InChI is InChI=1S/C23H21ClN6O8S2.C2H6/c24-18-14(27-23(25)40-18)15(28-38-8-13(31)32)19(33)26-16-20(34)30-17(22(35)36)11(9-39-21(16)30)7-29-4-3-12-10(6-29)2-1-5-37-12;1-2/h3-4,6,16,21H,1-2,5,7-9H2,(H4-,25,26,27,31,32,33,35,36);1-2H3/b28-15-;/t16-,21-;/m1./s1. The number of carbonyl (C=O) groups is 4. The number of ether oxygens (including phenoxy) is 1. The first-order chi connectivity index (χ1) is 20.1. The van der Waals surface area contributed by atoms with Gasteiger partial charge < -0.3 is 35.6 Å². The van der Waals surface area contributed by atoms with Crippen molar-refractivity contribution in [2.75, 3.05) is 24.7 Å². The van der Waals surface area contributed by atoms with Crippen molar-refractivity contribution >= 4 is 69.3 Å². The molecule has 0 aliphatic carbocycles. The molecule has 2 atom stereocenters. The van der Waals surface area contributed by atoms with Gasteiger partial charge in [0.15, 0.2) is 29.8 Å². The molecule has 224 valence electrons. The monoisotopic (exact) mass is 638 g/mol. The molecular weight excluding hydrogens is 612 g/mol. The summed E-state index contributed by atoms with van der Waals surface area (Å²) in [4.78, 5) is 58.9. The molecule has 42 heavy (non-hydrogen) atoms. The second-order valence-corrected chi connectivity index (χ2v) is 11.6. The number of anilines is 1. The van der Waals surface area contributed by atoms with Gasteiger partial charge in [0.2, 0.25) is 6.61 Å². The van der Waals surface area contributed by atoms with E-state index in [1.54, 1.807) is 6.20 Å². The quantitative estimate of drug-likeness (QED) is 0.144. The number of amides is 2. The van der Waals surface area contributed by atoms with Crippen molar-refractivity contribution in [2.24, 2.45) is 5.16 Å². The average Bonchev–Trinajstić information content (AvgIpc) is 3.31. The van der Waals surface area contributed by atoms with Crippen molar-refractivity contribution < 1.29 is 43.5 Å². The molecule has 2 aromatic rings. The number of aliphatic carboxylic acids is 2. The van der Waals surface area contributed by atoms with E-state index in [1.807, 2.05) is 30.7 Å². The van der Waals surface area contributed by atoms with Crippen molar-refractivity contribution in [1.82, 2.24) is 15.2 Å². The number of pyridine rings is 1. The summed E-state index contributed by atoms with van der Waals surface area (Å²) in [5.41, 5.74) is 6.26. The molecule has 4 N–H and O–H groups in total. The van der Waals surface area contributed by atoms with Gasteiger partial charge in [-0.2, -0.15) is 0 Å². The molecule has 3 aliphatic heterocycles. The number of carboxylic acids is 2. The van der Waals surface area contributed by atoms with Crippen molar-refractivity contribution in [3.8, 4) is 5.75 Å². The van der Waals surface area contributed by atoms with Gasteiger partial charge in [0.05, 0.1) is 23.8 Å². The lowest BCUT2D eigenvalue weighted by Gasteiger charge is -2.50. The molecule has 3 aliphatic rings. The number of halogens is 1. The molecule has 1 fully saturated rings. The Morgan fingerprint density at radius 2 is 2.17 bits per heavy atom. The number of oxime groups is 1. The molecular formula is C25H27ClN6O8S2. The largest absolute Gasteiger partial charge is 0.543 e. The van der Waals surface area contributed by atoms with E-state index in [-0.39, 0.29) is 33.2 Å². The summed E-state index contributed by atoms with van der Waals surface area (Å²) in [6.07, 6.45) is 5.41. The SMILES string of the molecule is CC.Nc1nc(/C(=N/OCC(=O)O)C(=O)N[C@@H]2C(=O)N3C(C(=O)[O-])=C(C[n+]4ccc5c(c4)CCCO5)CS[C@H]23)c(Cl)s1. The zero-order chi connectivity index (χ0) is 30.6. The maximum Gasteiger partial charge on any atom is 0.344 e.